The molecule has 0 aliphatic heterocycles. The van der Waals surface area contributed by atoms with E-state index in [4.69, 9.17) is 9.47 Å². The van der Waals surface area contributed by atoms with Crippen LogP contribution in [0.4, 0.5) is 0 Å². The lowest BCUT2D eigenvalue weighted by atomic mass is 10.3. The molecule has 0 saturated heterocycles. The molecule has 0 saturated carbocycles. The van der Waals surface area contributed by atoms with Gasteiger partial charge >= 0.3 is 0 Å². The third-order valence-electron chi connectivity index (χ3n) is 1.95. The summed E-state index contributed by atoms with van der Waals surface area (Å²) in [6, 6.07) is 1.82. The molecule has 0 N–H and O–H groups in total. The highest BCUT2D eigenvalue weighted by atomic mass is 79.9. The van der Waals surface area contributed by atoms with Crippen molar-refractivity contribution in [3.8, 4) is 11.5 Å². The molecule has 0 unspecified atom stereocenters. The molecule has 1 aromatic carbocycles. The Morgan fingerprint density at radius 2 is 1.87 bits per heavy atom. The van der Waals surface area contributed by atoms with Gasteiger partial charge in [-0.05, 0) is 31.9 Å². The van der Waals surface area contributed by atoms with E-state index in [1.165, 1.54) is 11.3 Å². The van der Waals surface area contributed by atoms with Gasteiger partial charge in [0.2, 0.25) is 0 Å². The van der Waals surface area contributed by atoms with Crippen molar-refractivity contribution in [1.82, 2.24) is 4.98 Å². The standard InChI is InChI=1S/C9H7Br2NO2S/c1-13-4-3-5(14-2)7-8(6(4)10)15-9(11)12-7/h3H,1-2H3. The molecule has 0 radical (unpaired) electrons. The smallest absolute Gasteiger partial charge is 0.160 e. The molecule has 0 aliphatic carbocycles. The predicted molar refractivity (Wildman–Crippen MR) is 68.1 cm³/mol. The highest BCUT2D eigenvalue weighted by molar-refractivity contribution is 9.11. The Hall–Kier alpha value is -0.330. The van der Waals surface area contributed by atoms with Gasteiger partial charge in [0.1, 0.15) is 17.0 Å². The van der Waals surface area contributed by atoms with Gasteiger partial charge in [0.15, 0.2) is 3.92 Å². The molecule has 1 aromatic heterocycles. The molecule has 1 heterocycles. The summed E-state index contributed by atoms with van der Waals surface area (Å²) in [5.41, 5.74) is 0.835. The van der Waals surface area contributed by atoms with Crippen molar-refractivity contribution in [2.75, 3.05) is 14.2 Å². The maximum absolute atomic E-state index is 5.26. The number of halogens is 2. The first-order valence-corrected chi connectivity index (χ1v) is 6.44. The second kappa shape index (κ2) is 4.27. The number of ether oxygens (including phenoxy) is 2. The summed E-state index contributed by atoms with van der Waals surface area (Å²) in [5.74, 6) is 1.46. The zero-order valence-corrected chi connectivity index (χ0v) is 12.0. The van der Waals surface area contributed by atoms with Crippen LogP contribution in [0, 0.1) is 0 Å². The number of fused-ring (bicyclic) bond motifs is 1. The van der Waals surface area contributed by atoms with Crippen LogP contribution in [0.3, 0.4) is 0 Å². The van der Waals surface area contributed by atoms with Gasteiger partial charge in [-0.25, -0.2) is 4.98 Å². The van der Waals surface area contributed by atoms with Crippen LogP contribution in [0.15, 0.2) is 14.5 Å². The Morgan fingerprint density at radius 1 is 1.20 bits per heavy atom. The minimum Gasteiger partial charge on any atom is -0.495 e. The zero-order valence-electron chi connectivity index (χ0n) is 8.01. The minimum atomic E-state index is 0.715. The van der Waals surface area contributed by atoms with E-state index in [0.29, 0.717) is 5.75 Å². The Bertz CT molecular complexity index is 512. The quantitative estimate of drug-likeness (QED) is 0.822. The van der Waals surface area contributed by atoms with Crippen LogP contribution in [0.2, 0.25) is 0 Å². The van der Waals surface area contributed by atoms with E-state index in [2.05, 4.69) is 36.8 Å². The molecule has 0 spiro atoms. The number of aromatic nitrogens is 1. The number of hydrogen-bond donors (Lipinski definition) is 0. The van der Waals surface area contributed by atoms with Crippen LogP contribution in [-0.4, -0.2) is 19.2 Å². The van der Waals surface area contributed by atoms with Crippen LogP contribution in [-0.2, 0) is 0 Å². The predicted octanol–water partition coefficient (Wildman–Crippen LogP) is 3.84. The summed E-state index contributed by atoms with van der Waals surface area (Å²) in [6.07, 6.45) is 0. The molecular formula is C9H7Br2NO2S. The summed E-state index contributed by atoms with van der Waals surface area (Å²) in [5, 5.41) is 0. The van der Waals surface area contributed by atoms with E-state index in [1.807, 2.05) is 6.07 Å². The molecular weight excluding hydrogens is 346 g/mol. The Morgan fingerprint density at radius 3 is 2.47 bits per heavy atom. The molecule has 0 aliphatic rings. The van der Waals surface area contributed by atoms with Gasteiger partial charge in [0, 0.05) is 6.07 Å². The second-order valence-electron chi connectivity index (χ2n) is 2.74. The van der Waals surface area contributed by atoms with Gasteiger partial charge in [0.25, 0.3) is 0 Å². The van der Waals surface area contributed by atoms with Crippen molar-refractivity contribution in [2.24, 2.45) is 0 Å². The summed E-state index contributed by atoms with van der Waals surface area (Å²) >= 11 is 8.38. The lowest BCUT2D eigenvalue weighted by Gasteiger charge is -2.07. The molecule has 3 nitrogen and oxygen atoms in total. The van der Waals surface area contributed by atoms with Crippen molar-refractivity contribution >= 4 is 53.4 Å². The fourth-order valence-corrected chi connectivity index (χ4v) is 3.38. The molecule has 0 bridgehead atoms. The van der Waals surface area contributed by atoms with Crippen LogP contribution in [0.25, 0.3) is 10.2 Å². The Balaban J connectivity index is 2.83. The first-order chi connectivity index (χ1) is 7.17. The van der Waals surface area contributed by atoms with E-state index in [0.717, 1.165) is 24.4 Å². The maximum Gasteiger partial charge on any atom is 0.160 e. The lowest BCUT2D eigenvalue weighted by molar-refractivity contribution is 0.396. The number of hydrogen-bond acceptors (Lipinski definition) is 4. The zero-order chi connectivity index (χ0) is 11.0. The fourth-order valence-electron chi connectivity index (χ4n) is 1.28. The van der Waals surface area contributed by atoms with Crippen molar-refractivity contribution in [2.45, 2.75) is 0 Å². The first-order valence-electron chi connectivity index (χ1n) is 4.04. The first kappa shape index (κ1) is 11.2. The van der Waals surface area contributed by atoms with Gasteiger partial charge < -0.3 is 9.47 Å². The Kier molecular flexibility index (Phi) is 3.18. The molecule has 6 heteroatoms. The molecule has 2 aromatic rings. The molecule has 0 atom stereocenters. The number of thiazole rings is 1. The third-order valence-corrected chi connectivity index (χ3v) is 4.53. The molecule has 80 valence electrons. The van der Waals surface area contributed by atoms with Gasteiger partial charge in [-0.2, -0.15) is 0 Å². The summed E-state index contributed by atoms with van der Waals surface area (Å²) in [7, 11) is 3.25. The molecule has 15 heavy (non-hydrogen) atoms. The number of methoxy groups -OCH3 is 2. The average Bonchev–Trinajstić information content (AvgIpc) is 2.61. The van der Waals surface area contributed by atoms with E-state index in [9.17, 15) is 0 Å². The fraction of sp³-hybridized carbons (Fsp3) is 0.222. The van der Waals surface area contributed by atoms with Crippen molar-refractivity contribution in [3.63, 3.8) is 0 Å². The third kappa shape index (κ3) is 1.86. The highest BCUT2D eigenvalue weighted by Gasteiger charge is 2.15. The van der Waals surface area contributed by atoms with Crippen molar-refractivity contribution in [1.29, 1.82) is 0 Å². The average molecular weight is 353 g/mol. The van der Waals surface area contributed by atoms with Crippen LogP contribution >= 0.6 is 43.2 Å². The van der Waals surface area contributed by atoms with Gasteiger partial charge in [0.05, 0.1) is 23.4 Å². The van der Waals surface area contributed by atoms with Crippen LogP contribution in [0.1, 0.15) is 0 Å². The van der Waals surface area contributed by atoms with Gasteiger partial charge in [-0.3, -0.25) is 0 Å². The van der Waals surface area contributed by atoms with E-state index in [1.54, 1.807) is 14.2 Å². The van der Waals surface area contributed by atoms with Crippen molar-refractivity contribution < 1.29 is 9.47 Å². The normalized spacial score (nSPS) is 10.7. The summed E-state index contributed by atoms with van der Waals surface area (Å²) < 4.78 is 13.2. The topological polar surface area (TPSA) is 31.4 Å². The number of rotatable bonds is 2. The van der Waals surface area contributed by atoms with E-state index >= 15 is 0 Å². The van der Waals surface area contributed by atoms with E-state index < -0.39 is 0 Å². The van der Waals surface area contributed by atoms with Crippen LogP contribution < -0.4 is 9.47 Å². The maximum atomic E-state index is 5.26. The minimum absolute atomic E-state index is 0.715. The van der Waals surface area contributed by atoms with E-state index in [-0.39, 0.29) is 0 Å². The molecule has 0 amide bonds. The Labute approximate surface area is 108 Å². The molecule has 2 rings (SSSR count). The SMILES string of the molecule is COc1cc(OC)c2nc(Br)sc2c1Br. The van der Waals surface area contributed by atoms with Gasteiger partial charge in [-0.1, -0.05) is 0 Å². The lowest BCUT2D eigenvalue weighted by Crippen LogP contribution is -1.89. The number of benzene rings is 1. The second-order valence-corrected chi connectivity index (χ2v) is 5.81. The van der Waals surface area contributed by atoms with Crippen LogP contribution in [0.5, 0.6) is 11.5 Å². The number of nitrogens with zero attached hydrogens (tertiary/aromatic N) is 1. The van der Waals surface area contributed by atoms with Crippen molar-refractivity contribution in [3.05, 3.63) is 14.5 Å². The summed E-state index contributed by atoms with van der Waals surface area (Å²) in [6.45, 7) is 0. The monoisotopic (exact) mass is 351 g/mol. The largest absolute Gasteiger partial charge is 0.495 e. The van der Waals surface area contributed by atoms with Gasteiger partial charge in [-0.15, -0.1) is 11.3 Å². The summed E-state index contributed by atoms with van der Waals surface area (Å²) in [4.78, 5) is 4.34. The highest BCUT2D eigenvalue weighted by Crippen LogP contribution is 2.42. The molecule has 0 fully saturated rings.